The van der Waals surface area contributed by atoms with Crippen LogP contribution < -0.4 is 10.6 Å². The lowest BCUT2D eigenvalue weighted by Gasteiger charge is -2.16. The highest BCUT2D eigenvalue weighted by Crippen LogP contribution is 2.20. The van der Waals surface area contributed by atoms with Crippen molar-refractivity contribution < 1.29 is 19.5 Å². The van der Waals surface area contributed by atoms with Gasteiger partial charge in [0.1, 0.15) is 6.04 Å². The molecule has 142 valence electrons. The summed E-state index contributed by atoms with van der Waals surface area (Å²) in [6.07, 6.45) is 0.173. The predicted octanol–water partition coefficient (Wildman–Crippen LogP) is 3.22. The number of benzene rings is 3. The van der Waals surface area contributed by atoms with Crippen molar-refractivity contribution in [2.24, 2.45) is 0 Å². The Hall–Kier alpha value is -3.67. The van der Waals surface area contributed by atoms with Crippen molar-refractivity contribution >= 4 is 34.2 Å². The van der Waals surface area contributed by atoms with Gasteiger partial charge in [0, 0.05) is 24.6 Å². The predicted molar refractivity (Wildman–Crippen MR) is 107 cm³/mol. The third kappa shape index (κ3) is 4.54. The van der Waals surface area contributed by atoms with Gasteiger partial charge in [0.15, 0.2) is 0 Å². The van der Waals surface area contributed by atoms with Crippen LogP contribution in [0, 0.1) is 0 Å². The van der Waals surface area contributed by atoms with Gasteiger partial charge < -0.3 is 15.7 Å². The molecular formula is C22H20N2O4. The van der Waals surface area contributed by atoms with Crippen molar-refractivity contribution in [1.82, 2.24) is 5.32 Å². The van der Waals surface area contributed by atoms with E-state index < -0.39 is 17.9 Å². The summed E-state index contributed by atoms with van der Waals surface area (Å²) in [5.74, 6) is -1.80. The molecule has 3 aromatic rings. The molecule has 1 atom stereocenters. The van der Waals surface area contributed by atoms with Crippen LogP contribution in [0.4, 0.5) is 5.69 Å². The number of aliphatic carboxylic acids is 1. The summed E-state index contributed by atoms with van der Waals surface area (Å²) in [5.41, 5.74) is 1.74. The van der Waals surface area contributed by atoms with Gasteiger partial charge in [-0.2, -0.15) is 0 Å². The average molecular weight is 376 g/mol. The van der Waals surface area contributed by atoms with Crippen molar-refractivity contribution in [3.63, 3.8) is 0 Å². The van der Waals surface area contributed by atoms with Crippen molar-refractivity contribution in [3.8, 4) is 0 Å². The summed E-state index contributed by atoms with van der Waals surface area (Å²) in [4.78, 5) is 35.3. The van der Waals surface area contributed by atoms with Crippen LogP contribution in [0.3, 0.4) is 0 Å². The van der Waals surface area contributed by atoms with Crippen molar-refractivity contribution in [1.29, 1.82) is 0 Å². The van der Waals surface area contributed by atoms with Crippen LogP contribution in [0.15, 0.2) is 66.7 Å². The maximum Gasteiger partial charge on any atom is 0.326 e. The zero-order valence-electron chi connectivity index (χ0n) is 15.3. The molecule has 3 aromatic carbocycles. The quantitative estimate of drug-likeness (QED) is 0.615. The van der Waals surface area contributed by atoms with Crippen molar-refractivity contribution in [2.75, 3.05) is 5.32 Å². The van der Waals surface area contributed by atoms with Gasteiger partial charge in [-0.3, -0.25) is 9.59 Å². The lowest BCUT2D eigenvalue weighted by atomic mass is 9.98. The van der Waals surface area contributed by atoms with E-state index in [1.165, 1.54) is 19.1 Å². The molecule has 0 saturated heterocycles. The molecule has 0 aliphatic heterocycles. The largest absolute Gasteiger partial charge is 0.480 e. The minimum Gasteiger partial charge on any atom is -0.480 e. The van der Waals surface area contributed by atoms with Gasteiger partial charge in [0.25, 0.3) is 5.91 Å². The first kappa shape index (κ1) is 19.1. The highest BCUT2D eigenvalue weighted by Gasteiger charge is 2.22. The fourth-order valence-electron chi connectivity index (χ4n) is 3.04. The van der Waals surface area contributed by atoms with Gasteiger partial charge in [-0.1, -0.05) is 42.5 Å². The molecule has 0 radical (unpaired) electrons. The van der Waals surface area contributed by atoms with Gasteiger partial charge in [0.05, 0.1) is 0 Å². The van der Waals surface area contributed by atoms with E-state index in [9.17, 15) is 19.5 Å². The van der Waals surface area contributed by atoms with Crippen LogP contribution in [-0.2, 0) is 16.0 Å². The third-order valence-corrected chi connectivity index (χ3v) is 4.37. The second-order valence-corrected chi connectivity index (χ2v) is 6.47. The molecule has 3 rings (SSSR count). The summed E-state index contributed by atoms with van der Waals surface area (Å²) in [7, 11) is 0. The lowest BCUT2D eigenvalue weighted by Crippen LogP contribution is -2.42. The van der Waals surface area contributed by atoms with E-state index in [1.54, 1.807) is 12.1 Å². The number of fused-ring (bicyclic) bond motifs is 1. The number of amides is 2. The minimum absolute atomic E-state index is 0.173. The standard InChI is InChI=1S/C22H20N2O4/c1-14(25)23-18-11-9-16(10-12-18)21(26)24-20(22(27)28)13-17-7-4-6-15-5-2-3-8-19(15)17/h2-12,20H,13H2,1H3,(H,23,25)(H,24,26)(H,27,28)/t20-/m0/s1. The summed E-state index contributed by atoms with van der Waals surface area (Å²) < 4.78 is 0. The first-order valence-corrected chi connectivity index (χ1v) is 8.82. The number of carboxylic acid groups (broad SMARTS) is 1. The number of carbonyl (C=O) groups is 3. The Labute approximate surface area is 162 Å². The summed E-state index contributed by atoms with van der Waals surface area (Å²) in [6, 6.07) is 18.6. The lowest BCUT2D eigenvalue weighted by molar-refractivity contribution is -0.139. The average Bonchev–Trinajstić information content (AvgIpc) is 2.67. The Morgan fingerprint density at radius 3 is 2.29 bits per heavy atom. The van der Waals surface area contributed by atoms with Crippen molar-refractivity contribution in [2.45, 2.75) is 19.4 Å². The molecule has 6 nitrogen and oxygen atoms in total. The Kier molecular flexibility index (Phi) is 5.69. The summed E-state index contributed by atoms with van der Waals surface area (Å²) >= 11 is 0. The molecule has 6 heteroatoms. The Bertz CT molecular complexity index is 1020. The van der Waals surface area contributed by atoms with Crippen LogP contribution in [0.25, 0.3) is 10.8 Å². The summed E-state index contributed by atoms with van der Waals surface area (Å²) in [5, 5.41) is 16.8. The third-order valence-electron chi connectivity index (χ3n) is 4.37. The molecule has 0 heterocycles. The molecule has 0 unspecified atom stereocenters. The van der Waals surface area contributed by atoms with E-state index in [1.807, 2.05) is 42.5 Å². The summed E-state index contributed by atoms with van der Waals surface area (Å²) in [6.45, 7) is 1.39. The van der Waals surface area contributed by atoms with E-state index in [0.717, 1.165) is 16.3 Å². The molecule has 0 aliphatic carbocycles. The number of anilines is 1. The maximum atomic E-state index is 12.5. The van der Waals surface area contributed by atoms with Gasteiger partial charge in [0.2, 0.25) is 5.91 Å². The topological polar surface area (TPSA) is 95.5 Å². The van der Waals surface area contributed by atoms with E-state index in [-0.39, 0.29) is 12.3 Å². The fraction of sp³-hybridized carbons (Fsp3) is 0.136. The smallest absolute Gasteiger partial charge is 0.326 e. The van der Waals surface area contributed by atoms with Crippen molar-refractivity contribution in [3.05, 3.63) is 77.9 Å². The van der Waals surface area contributed by atoms with Crippen LogP contribution in [0.5, 0.6) is 0 Å². The first-order chi connectivity index (χ1) is 13.4. The van der Waals surface area contributed by atoms with Crippen LogP contribution >= 0.6 is 0 Å². The molecule has 0 spiro atoms. The fourth-order valence-corrected chi connectivity index (χ4v) is 3.04. The van der Waals surface area contributed by atoms with E-state index in [0.29, 0.717) is 11.3 Å². The van der Waals surface area contributed by atoms with Gasteiger partial charge in [-0.25, -0.2) is 4.79 Å². The number of rotatable bonds is 6. The molecule has 0 fully saturated rings. The van der Waals surface area contributed by atoms with Crippen LogP contribution in [-0.4, -0.2) is 28.9 Å². The minimum atomic E-state index is -1.10. The van der Waals surface area contributed by atoms with E-state index in [4.69, 9.17) is 0 Å². The van der Waals surface area contributed by atoms with Gasteiger partial charge >= 0.3 is 5.97 Å². The molecule has 3 N–H and O–H groups in total. The van der Waals surface area contributed by atoms with Crippen LogP contribution in [0.1, 0.15) is 22.8 Å². The Morgan fingerprint density at radius 2 is 1.61 bits per heavy atom. The molecule has 28 heavy (non-hydrogen) atoms. The zero-order valence-corrected chi connectivity index (χ0v) is 15.3. The van der Waals surface area contributed by atoms with Gasteiger partial charge in [-0.15, -0.1) is 0 Å². The number of hydrogen-bond acceptors (Lipinski definition) is 3. The number of carbonyl (C=O) groups excluding carboxylic acids is 2. The Balaban J connectivity index is 1.76. The monoisotopic (exact) mass is 376 g/mol. The second kappa shape index (κ2) is 8.35. The second-order valence-electron chi connectivity index (χ2n) is 6.47. The molecule has 2 amide bonds. The Morgan fingerprint density at radius 1 is 0.929 bits per heavy atom. The molecule has 0 saturated carbocycles. The molecule has 0 bridgehead atoms. The van der Waals surface area contributed by atoms with E-state index >= 15 is 0 Å². The first-order valence-electron chi connectivity index (χ1n) is 8.82. The normalized spacial score (nSPS) is 11.6. The SMILES string of the molecule is CC(=O)Nc1ccc(C(=O)N[C@@H](Cc2cccc3ccccc23)C(=O)O)cc1. The maximum absolute atomic E-state index is 12.5. The number of hydrogen-bond donors (Lipinski definition) is 3. The van der Waals surface area contributed by atoms with Crippen LogP contribution in [0.2, 0.25) is 0 Å². The highest BCUT2D eigenvalue weighted by molar-refractivity contribution is 5.97. The van der Waals surface area contributed by atoms with E-state index in [2.05, 4.69) is 10.6 Å². The molecular weight excluding hydrogens is 356 g/mol. The number of nitrogens with one attached hydrogen (secondary N) is 2. The molecule has 0 aliphatic rings. The highest BCUT2D eigenvalue weighted by atomic mass is 16.4. The van der Waals surface area contributed by atoms with Gasteiger partial charge in [-0.05, 0) is 40.6 Å². The number of carboxylic acids is 1. The molecule has 0 aromatic heterocycles. The zero-order chi connectivity index (χ0) is 20.1.